The number of nitrogens with zero attached hydrogens (tertiary/aromatic N) is 5. The van der Waals surface area contributed by atoms with Crippen LogP contribution in [0, 0.1) is 5.92 Å². The van der Waals surface area contributed by atoms with Gasteiger partial charge in [-0.15, -0.1) is 0 Å². The van der Waals surface area contributed by atoms with Crippen LogP contribution in [-0.2, 0) is 0 Å². The SMILES string of the molecule is CC1CCC(Nc2nc(NN)nc(-n3ccnc3)n2)CC1. The Kier molecular flexibility index (Phi) is 3.96. The van der Waals surface area contributed by atoms with Crippen LogP contribution in [0.5, 0.6) is 0 Å². The van der Waals surface area contributed by atoms with Crippen molar-refractivity contribution in [2.75, 3.05) is 10.7 Å². The standard InChI is InChI=1S/C13H20N8/c1-9-2-4-10(5-3-9)16-11-17-12(20-14)19-13(18-11)21-7-6-15-8-21/h6-10H,2-5,14H2,1H3,(H2,16,17,18,19,20). The molecule has 1 aliphatic carbocycles. The molecule has 2 heterocycles. The lowest BCUT2D eigenvalue weighted by Gasteiger charge is -2.26. The molecule has 8 nitrogen and oxygen atoms in total. The molecule has 112 valence electrons. The molecule has 0 amide bonds. The maximum absolute atomic E-state index is 5.44. The van der Waals surface area contributed by atoms with E-state index in [-0.39, 0.29) is 0 Å². The Morgan fingerprint density at radius 2 is 1.90 bits per heavy atom. The fourth-order valence-electron chi connectivity index (χ4n) is 2.57. The summed E-state index contributed by atoms with van der Waals surface area (Å²) in [5, 5.41) is 3.39. The molecule has 0 aromatic carbocycles. The average molecular weight is 288 g/mol. The van der Waals surface area contributed by atoms with Crippen molar-refractivity contribution in [3.8, 4) is 5.95 Å². The lowest BCUT2D eigenvalue weighted by Crippen LogP contribution is -2.27. The van der Waals surface area contributed by atoms with Gasteiger partial charge in [-0.3, -0.25) is 9.99 Å². The Balaban J connectivity index is 1.79. The number of nitrogens with two attached hydrogens (primary N) is 1. The van der Waals surface area contributed by atoms with E-state index in [4.69, 9.17) is 5.84 Å². The van der Waals surface area contributed by atoms with Crippen molar-refractivity contribution in [1.29, 1.82) is 0 Å². The molecule has 3 rings (SSSR count). The quantitative estimate of drug-likeness (QED) is 0.575. The summed E-state index contributed by atoms with van der Waals surface area (Å²) in [7, 11) is 0. The third-order valence-electron chi connectivity index (χ3n) is 3.84. The molecule has 1 fully saturated rings. The molecule has 0 spiro atoms. The highest BCUT2D eigenvalue weighted by Crippen LogP contribution is 2.25. The van der Waals surface area contributed by atoms with Crippen molar-refractivity contribution in [3.63, 3.8) is 0 Å². The first-order chi connectivity index (χ1) is 10.2. The van der Waals surface area contributed by atoms with Gasteiger partial charge in [-0.2, -0.15) is 15.0 Å². The van der Waals surface area contributed by atoms with Crippen molar-refractivity contribution in [2.45, 2.75) is 38.6 Å². The predicted octanol–water partition coefficient (Wildman–Crippen LogP) is 1.33. The smallest absolute Gasteiger partial charge is 0.243 e. The summed E-state index contributed by atoms with van der Waals surface area (Å²) in [5.74, 6) is 7.61. The average Bonchev–Trinajstić information content (AvgIpc) is 3.04. The molecule has 1 saturated carbocycles. The number of nitrogens with one attached hydrogen (secondary N) is 2. The van der Waals surface area contributed by atoms with Crippen LogP contribution in [0.4, 0.5) is 11.9 Å². The van der Waals surface area contributed by atoms with E-state index < -0.39 is 0 Å². The van der Waals surface area contributed by atoms with E-state index in [9.17, 15) is 0 Å². The van der Waals surface area contributed by atoms with E-state index in [1.165, 1.54) is 12.8 Å². The number of imidazole rings is 1. The molecule has 2 aromatic heterocycles. The first-order valence-corrected chi connectivity index (χ1v) is 7.22. The summed E-state index contributed by atoms with van der Waals surface area (Å²) < 4.78 is 1.72. The third-order valence-corrected chi connectivity index (χ3v) is 3.84. The van der Waals surface area contributed by atoms with Crippen LogP contribution in [0.1, 0.15) is 32.6 Å². The van der Waals surface area contributed by atoms with Gasteiger partial charge in [0.05, 0.1) is 0 Å². The van der Waals surface area contributed by atoms with Crippen LogP contribution in [0.25, 0.3) is 5.95 Å². The van der Waals surface area contributed by atoms with Crippen LogP contribution in [0.2, 0.25) is 0 Å². The number of aromatic nitrogens is 5. The minimum absolute atomic E-state index is 0.334. The van der Waals surface area contributed by atoms with E-state index in [1.807, 2.05) is 0 Å². The number of nitrogen functional groups attached to an aromatic ring is 1. The van der Waals surface area contributed by atoms with Gasteiger partial charge in [0.15, 0.2) is 0 Å². The molecule has 0 bridgehead atoms. The monoisotopic (exact) mass is 288 g/mol. The van der Waals surface area contributed by atoms with E-state index in [2.05, 4.69) is 37.6 Å². The van der Waals surface area contributed by atoms with Crippen molar-refractivity contribution in [2.24, 2.45) is 11.8 Å². The van der Waals surface area contributed by atoms with E-state index in [0.29, 0.717) is 23.9 Å². The molecule has 1 aliphatic rings. The molecule has 0 atom stereocenters. The van der Waals surface area contributed by atoms with Gasteiger partial charge in [0.25, 0.3) is 0 Å². The lowest BCUT2D eigenvalue weighted by molar-refractivity contribution is 0.360. The van der Waals surface area contributed by atoms with Gasteiger partial charge in [-0.25, -0.2) is 10.8 Å². The highest BCUT2D eigenvalue weighted by molar-refractivity contribution is 5.37. The fourth-order valence-corrected chi connectivity index (χ4v) is 2.57. The predicted molar refractivity (Wildman–Crippen MR) is 79.8 cm³/mol. The number of hydrogen-bond donors (Lipinski definition) is 3. The molecule has 2 aromatic rings. The Morgan fingerprint density at radius 3 is 2.57 bits per heavy atom. The molecular formula is C13H20N8. The number of rotatable bonds is 4. The Bertz CT molecular complexity index is 574. The van der Waals surface area contributed by atoms with Gasteiger partial charge in [0.2, 0.25) is 17.8 Å². The minimum Gasteiger partial charge on any atom is -0.351 e. The van der Waals surface area contributed by atoms with Gasteiger partial charge in [0, 0.05) is 18.4 Å². The molecule has 0 radical (unpaired) electrons. The van der Waals surface area contributed by atoms with Crippen molar-refractivity contribution >= 4 is 11.9 Å². The Hall–Kier alpha value is -2.22. The van der Waals surface area contributed by atoms with Gasteiger partial charge in [-0.05, 0) is 31.6 Å². The van der Waals surface area contributed by atoms with E-state index >= 15 is 0 Å². The van der Waals surface area contributed by atoms with Gasteiger partial charge in [0.1, 0.15) is 6.33 Å². The highest BCUT2D eigenvalue weighted by Gasteiger charge is 2.19. The number of hydrogen-bond acceptors (Lipinski definition) is 7. The van der Waals surface area contributed by atoms with E-state index in [1.54, 1.807) is 23.3 Å². The molecule has 0 aliphatic heterocycles. The topological polar surface area (TPSA) is 107 Å². The summed E-state index contributed by atoms with van der Waals surface area (Å²) in [6, 6.07) is 0.407. The van der Waals surface area contributed by atoms with Crippen LogP contribution >= 0.6 is 0 Å². The molecule has 4 N–H and O–H groups in total. The van der Waals surface area contributed by atoms with Crippen molar-refractivity contribution < 1.29 is 0 Å². The number of anilines is 2. The van der Waals surface area contributed by atoms with Crippen LogP contribution in [0.3, 0.4) is 0 Å². The second kappa shape index (κ2) is 6.04. The molecule has 8 heteroatoms. The van der Waals surface area contributed by atoms with Crippen LogP contribution in [0.15, 0.2) is 18.7 Å². The van der Waals surface area contributed by atoms with E-state index in [0.717, 1.165) is 18.8 Å². The summed E-state index contributed by atoms with van der Waals surface area (Å²) in [4.78, 5) is 16.9. The highest BCUT2D eigenvalue weighted by atomic mass is 15.4. The molecule has 21 heavy (non-hydrogen) atoms. The first-order valence-electron chi connectivity index (χ1n) is 7.22. The molecular weight excluding hydrogens is 268 g/mol. The molecule has 0 unspecified atom stereocenters. The summed E-state index contributed by atoms with van der Waals surface area (Å²) in [5.41, 5.74) is 2.48. The molecule has 0 saturated heterocycles. The van der Waals surface area contributed by atoms with Crippen LogP contribution in [-0.4, -0.2) is 30.5 Å². The summed E-state index contributed by atoms with van der Waals surface area (Å²) in [6.45, 7) is 2.30. The maximum atomic E-state index is 5.44. The van der Waals surface area contributed by atoms with Crippen molar-refractivity contribution in [1.82, 2.24) is 24.5 Å². The summed E-state index contributed by atoms with van der Waals surface area (Å²) in [6.07, 6.45) is 9.84. The van der Waals surface area contributed by atoms with Crippen molar-refractivity contribution in [3.05, 3.63) is 18.7 Å². The van der Waals surface area contributed by atoms with Gasteiger partial charge in [-0.1, -0.05) is 6.92 Å². The van der Waals surface area contributed by atoms with Gasteiger partial charge >= 0.3 is 0 Å². The van der Waals surface area contributed by atoms with Gasteiger partial charge < -0.3 is 5.32 Å². The third kappa shape index (κ3) is 3.27. The maximum Gasteiger partial charge on any atom is 0.243 e. The fraction of sp³-hybridized carbons (Fsp3) is 0.538. The van der Waals surface area contributed by atoms with Crippen LogP contribution < -0.4 is 16.6 Å². The lowest BCUT2D eigenvalue weighted by atomic mass is 9.87. The second-order valence-electron chi connectivity index (χ2n) is 5.50. The zero-order chi connectivity index (χ0) is 14.7. The summed E-state index contributed by atoms with van der Waals surface area (Å²) >= 11 is 0. The number of hydrazine groups is 1. The minimum atomic E-state index is 0.334. The zero-order valence-corrected chi connectivity index (χ0v) is 12.0. The first kappa shape index (κ1) is 13.7. The zero-order valence-electron chi connectivity index (χ0n) is 12.0. The Morgan fingerprint density at radius 1 is 1.14 bits per heavy atom. The second-order valence-corrected chi connectivity index (χ2v) is 5.50. The normalized spacial score (nSPS) is 22.0. The Labute approximate surface area is 123 Å². The largest absolute Gasteiger partial charge is 0.351 e.